The van der Waals surface area contributed by atoms with Crippen molar-refractivity contribution in [2.75, 3.05) is 0 Å². The van der Waals surface area contributed by atoms with Crippen molar-refractivity contribution in [1.29, 1.82) is 10.5 Å². The lowest BCUT2D eigenvalue weighted by atomic mass is 9.79. The normalized spacial score (nSPS) is 11.8. The minimum atomic E-state index is -0.994. The summed E-state index contributed by atoms with van der Waals surface area (Å²) < 4.78 is 27.6. The highest BCUT2D eigenvalue weighted by molar-refractivity contribution is 5.83. The molecule has 0 saturated carbocycles. The van der Waals surface area contributed by atoms with Crippen molar-refractivity contribution < 1.29 is 8.78 Å². The Morgan fingerprint density at radius 2 is 1.11 bits per heavy atom. The fourth-order valence-electron chi connectivity index (χ4n) is 4.33. The van der Waals surface area contributed by atoms with Crippen LogP contribution < -0.4 is 0 Å². The van der Waals surface area contributed by atoms with E-state index in [2.05, 4.69) is 18.7 Å². The van der Waals surface area contributed by atoms with Gasteiger partial charge in [-0.25, -0.2) is 8.78 Å². The molecular formula is C34H24F2N2. The first-order valence-corrected chi connectivity index (χ1v) is 12.0. The topological polar surface area (TPSA) is 47.6 Å². The summed E-state index contributed by atoms with van der Waals surface area (Å²) in [5, 5.41) is 19.9. The van der Waals surface area contributed by atoms with Crippen molar-refractivity contribution in [2.45, 2.75) is 5.92 Å². The van der Waals surface area contributed by atoms with E-state index in [1.54, 1.807) is 24.3 Å². The number of nitriles is 2. The van der Waals surface area contributed by atoms with Crippen molar-refractivity contribution in [1.82, 2.24) is 0 Å². The number of hydrogen-bond donors (Lipinski definition) is 0. The molecule has 0 amide bonds. The maximum absolute atomic E-state index is 13.8. The van der Waals surface area contributed by atoms with Crippen LogP contribution in [0.15, 0.2) is 133 Å². The lowest BCUT2D eigenvalue weighted by molar-refractivity contribution is 0.627. The van der Waals surface area contributed by atoms with Crippen LogP contribution in [0.25, 0.3) is 11.1 Å². The summed E-state index contributed by atoms with van der Waals surface area (Å²) >= 11 is 0. The van der Waals surface area contributed by atoms with Crippen molar-refractivity contribution in [3.63, 3.8) is 0 Å². The van der Waals surface area contributed by atoms with Gasteiger partial charge in [0.2, 0.25) is 0 Å². The molecule has 4 aromatic rings. The van der Waals surface area contributed by atoms with Gasteiger partial charge in [0.25, 0.3) is 0 Å². The van der Waals surface area contributed by atoms with Gasteiger partial charge < -0.3 is 0 Å². The predicted molar refractivity (Wildman–Crippen MR) is 147 cm³/mol. The number of allylic oxidation sites excluding steroid dienone is 4. The first-order chi connectivity index (χ1) is 18.5. The van der Waals surface area contributed by atoms with Gasteiger partial charge in [-0.05, 0) is 69.3 Å². The standard InChI is InChI=1S/C34H24F2N2/c1-24(25-8-4-2-5-9-25)20-29(34(30(22-37)23-38)28-10-6-3-7-11-28)21-33(26-12-16-31(35)17-13-26)27-14-18-32(36)19-15-27/h2-21,30,34H,1H2/b29-20-. The smallest absolute Gasteiger partial charge is 0.144 e. The van der Waals surface area contributed by atoms with Gasteiger partial charge in [-0.15, -0.1) is 0 Å². The number of halogens is 2. The van der Waals surface area contributed by atoms with E-state index in [1.165, 1.54) is 24.3 Å². The number of nitrogens with zero attached hydrogens (tertiary/aromatic N) is 2. The van der Waals surface area contributed by atoms with E-state index >= 15 is 0 Å². The summed E-state index contributed by atoms with van der Waals surface area (Å²) in [6.07, 6.45) is 3.76. The van der Waals surface area contributed by atoms with Gasteiger partial charge in [0, 0.05) is 5.92 Å². The van der Waals surface area contributed by atoms with Crippen molar-refractivity contribution in [2.24, 2.45) is 5.92 Å². The van der Waals surface area contributed by atoms with Gasteiger partial charge in [-0.3, -0.25) is 0 Å². The molecule has 0 aliphatic carbocycles. The Kier molecular flexibility index (Phi) is 8.39. The van der Waals surface area contributed by atoms with Crippen LogP contribution in [0.4, 0.5) is 8.78 Å². The van der Waals surface area contributed by atoms with E-state index in [0.717, 1.165) is 11.1 Å². The van der Waals surface area contributed by atoms with Crippen molar-refractivity contribution >= 4 is 11.1 Å². The molecule has 1 atom stereocenters. The third-order valence-corrected chi connectivity index (χ3v) is 6.24. The average Bonchev–Trinajstić information content (AvgIpc) is 2.96. The maximum atomic E-state index is 13.8. The van der Waals surface area contributed by atoms with E-state index in [-0.39, 0.29) is 11.6 Å². The zero-order valence-corrected chi connectivity index (χ0v) is 20.6. The molecule has 0 fully saturated rings. The predicted octanol–water partition coefficient (Wildman–Crippen LogP) is 8.48. The van der Waals surface area contributed by atoms with E-state index in [1.807, 2.05) is 72.8 Å². The molecular weight excluding hydrogens is 474 g/mol. The molecule has 0 saturated heterocycles. The second-order valence-electron chi connectivity index (χ2n) is 8.73. The van der Waals surface area contributed by atoms with Crippen LogP contribution in [0.1, 0.15) is 28.2 Å². The highest BCUT2D eigenvalue weighted by Gasteiger charge is 2.27. The molecule has 2 nitrogen and oxygen atoms in total. The molecule has 184 valence electrons. The number of rotatable bonds is 8. The number of benzene rings is 4. The second-order valence-corrected chi connectivity index (χ2v) is 8.73. The summed E-state index contributed by atoms with van der Waals surface area (Å²) in [6, 6.07) is 35.3. The molecule has 38 heavy (non-hydrogen) atoms. The fraction of sp³-hybridized carbons (Fsp3) is 0.0588. The highest BCUT2D eigenvalue weighted by atomic mass is 19.1. The van der Waals surface area contributed by atoms with Gasteiger partial charge in [0.05, 0.1) is 12.1 Å². The monoisotopic (exact) mass is 498 g/mol. The Bertz CT molecular complexity index is 1480. The summed E-state index contributed by atoms with van der Waals surface area (Å²) in [4.78, 5) is 0. The Morgan fingerprint density at radius 1 is 0.632 bits per heavy atom. The van der Waals surface area contributed by atoms with Crippen molar-refractivity contribution in [3.8, 4) is 12.1 Å². The molecule has 0 aromatic heterocycles. The largest absolute Gasteiger partial charge is 0.207 e. The van der Waals surface area contributed by atoms with Gasteiger partial charge in [0.15, 0.2) is 0 Å². The minimum absolute atomic E-state index is 0.378. The van der Waals surface area contributed by atoms with Crippen LogP contribution >= 0.6 is 0 Å². The Labute approximate surface area is 221 Å². The lowest BCUT2D eigenvalue weighted by Crippen LogP contribution is -2.12. The molecule has 0 heterocycles. The quantitative estimate of drug-likeness (QED) is 0.229. The molecule has 0 aliphatic rings. The van der Waals surface area contributed by atoms with E-state index in [0.29, 0.717) is 27.8 Å². The minimum Gasteiger partial charge on any atom is -0.207 e. The third kappa shape index (κ3) is 6.19. The third-order valence-electron chi connectivity index (χ3n) is 6.24. The molecule has 0 radical (unpaired) electrons. The summed E-state index contributed by atoms with van der Waals surface area (Å²) in [7, 11) is 0. The summed E-state index contributed by atoms with van der Waals surface area (Å²) in [5.41, 5.74) is 5.14. The molecule has 0 spiro atoms. The SMILES string of the molecule is C=C(/C=C(/C=C(c1ccc(F)cc1)c1ccc(F)cc1)C(c1ccccc1)C(C#N)C#N)c1ccccc1. The zero-order valence-electron chi connectivity index (χ0n) is 20.6. The van der Waals surface area contributed by atoms with Crippen LogP contribution in [0, 0.1) is 40.2 Å². The van der Waals surface area contributed by atoms with Crippen LogP contribution in [-0.4, -0.2) is 0 Å². The van der Waals surface area contributed by atoms with Gasteiger partial charge in [0.1, 0.15) is 17.6 Å². The Hall–Kier alpha value is -5.06. The van der Waals surface area contributed by atoms with Crippen LogP contribution in [-0.2, 0) is 0 Å². The molecule has 4 heteroatoms. The van der Waals surface area contributed by atoms with Gasteiger partial charge in [-0.2, -0.15) is 10.5 Å². The van der Waals surface area contributed by atoms with Gasteiger partial charge in [-0.1, -0.05) is 97.6 Å². The summed E-state index contributed by atoms with van der Waals surface area (Å²) in [6.45, 7) is 4.26. The molecule has 4 aromatic carbocycles. The van der Waals surface area contributed by atoms with E-state index < -0.39 is 11.8 Å². The van der Waals surface area contributed by atoms with E-state index in [4.69, 9.17) is 0 Å². The molecule has 1 unspecified atom stereocenters. The van der Waals surface area contributed by atoms with Crippen LogP contribution in [0.5, 0.6) is 0 Å². The molecule has 0 aliphatic heterocycles. The average molecular weight is 499 g/mol. The molecule has 0 N–H and O–H groups in total. The van der Waals surface area contributed by atoms with E-state index in [9.17, 15) is 19.3 Å². The second kappa shape index (κ2) is 12.3. The molecule has 0 bridgehead atoms. The summed E-state index contributed by atoms with van der Waals surface area (Å²) in [5.74, 6) is -2.36. The maximum Gasteiger partial charge on any atom is 0.144 e. The zero-order chi connectivity index (χ0) is 26.9. The first kappa shape index (κ1) is 26.0. The first-order valence-electron chi connectivity index (χ1n) is 12.0. The van der Waals surface area contributed by atoms with Gasteiger partial charge >= 0.3 is 0 Å². The lowest BCUT2D eigenvalue weighted by Gasteiger charge is -2.22. The molecule has 4 rings (SSSR count). The fourth-order valence-corrected chi connectivity index (χ4v) is 4.33. The van der Waals surface area contributed by atoms with Crippen LogP contribution in [0.3, 0.4) is 0 Å². The van der Waals surface area contributed by atoms with Crippen LogP contribution in [0.2, 0.25) is 0 Å². The number of hydrogen-bond acceptors (Lipinski definition) is 2. The Morgan fingerprint density at radius 3 is 1.58 bits per heavy atom. The Balaban J connectivity index is 2.00. The highest BCUT2D eigenvalue weighted by Crippen LogP contribution is 2.37. The van der Waals surface area contributed by atoms with Crippen molar-refractivity contribution in [3.05, 3.63) is 167 Å².